The number of aryl methyl sites for hydroxylation is 1. The lowest BCUT2D eigenvalue weighted by molar-refractivity contribution is -0.120. The van der Waals surface area contributed by atoms with Crippen LogP contribution in [0.4, 0.5) is 13.6 Å². The first-order valence-corrected chi connectivity index (χ1v) is 9.94. The van der Waals surface area contributed by atoms with E-state index in [0.29, 0.717) is 32.0 Å². The molecule has 7 nitrogen and oxygen atoms in total. The van der Waals surface area contributed by atoms with Crippen molar-refractivity contribution in [3.63, 3.8) is 0 Å². The molecule has 4 aliphatic rings. The third-order valence-corrected chi connectivity index (χ3v) is 6.91. The van der Waals surface area contributed by atoms with Gasteiger partial charge in [-0.3, -0.25) is 9.48 Å². The molecule has 3 aliphatic heterocycles. The Hall–Kier alpha value is -2.19. The molecule has 0 aromatic carbocycles. The molecule has 1 aromatic heterocycles. The number of amides is 3. The smallest absolute Gasteiger partial charge is 0.320 e. The van der Waals surface area contributed by atoms with Gasteiger partial charge in [-0.05, 0) is 38.2 Å². The maximum Gasteiger partial charge on any atom is 0.320 e. The number of likely N-dealkylation sites (tertiary alicyclic amines) is 2. The molecule has 4 fully saturated rings. The molecule has 0 bridgehead atoms. The van der Waals surface area contributed by atoms with Crippen LogP contribution in [0.1, 0.15) is 43.5 Å². The van der Waals surface area contributed by atoms with Crippen LogP contribution < -0.4 is 5.32 Å². The SMILES string of the molecule is Cc1cc(C(F)F)nn1CC1CC2(C1)CN(C(=O)N1CC3(CCC(=O)N3)C1)C2. The van der Waals surface area contributed by atoms with Crippen LogP contribution in [0.25, 0.3) is 0 Å². The van der Waals surface area contributed by atoms with Crippen molar-refractivity contribution in [2.45, 2.75) is 51.1 Å². The van der Waals surface area contributed by atoms with E-state index in [-0.39, 0.29) is 28.6 Å². The molecule has 0 atom stereocenters. The largest absolute Gasteiger partial charge is 0.347 e. The molecule has 1 aliphatic carbocycles. The van der Waals surface area contributed by atoms with E-state index >= 15 is 0 Å². The number of aromatic nitrogens is 2. The van der Waals surface area contributed by atoms with Gasteiger partial charge in [-0.1, -0.05) is 0 Å². The van der Waals surface area contributed by atoms with Crippen molar-refractivity contribution in [2.24, 2.45) is 11.3 Å². The number of nitrogens with zero attached hydrogens (tertiary/aromatic N) is 4. The third-order valence-electron chi connectivity index (χ3n) is 6.91. The highest BCUT2D eigenvalue weighted by molar-refractivity contribution is 5.82. The predicted octanol–water partition coefficient (Wildman–Crippen LogP) is 1.93. The van der Waals surface area contributed by atoms with Gasteiger partial charge in [-0.25, -0.2) is 13.6 Å². The lowest BCUT2D eigenvalue weighted by Gasteiger charge is -2.61. The number of hydrogen-bond acceptors (Lipinski definition) is 3. The van der Waals surface area contributed by atoms with E-state index in [2.05, 4.69) is 10.4 Å². The van der Waals surface area contributed by atoms with Gasteiger partial charge in [-0.15, -0.1) is 0 Å². The number of rotatable bonds is 3. The molecule has 5 rings (SSSR count). The normalized spacial score (nSPS) is 25.1. The predicted molar refractivity (Wildman–Crippen MR) is 95.7 cm³/mol. The van der Waals surface area contributed by atoms with Gasteiger partial charge < -0.3 is 15.1 Å². The number of urea groups is 1. The van der Waals surface area contributed by atoms with Crippen LogP contribution in [0, 0.1) is 18.3 Å². The topological polar surface area (TPSA) is 70.5 Å². The summed E-state index contributed by atoms with van der Waals surface area (Å²) in [5, 5.41) is 7.01. The second kappa shape index (κ2) is 5.90. The number of alkyl halides is 2. The fourth-order valence-electron chi connectivity index (χ4n) is 5.55. The van der Waals surface area contributed by atoms with E-state index in [1.807, 2.05) is 16.7 Å². The Balaban J connectivity index is 1.08. The minimum Gasteiger partial charge on any atom is -0.347 e. The maximum absolute atomic E-state index is 12.8. The lowest BCUT2D eigenvalue weighted by Crippen LogP contribution is -2.73. The van der Waals surface area contributed by atoms with Crippen LogP contribution >= 0.6 is 0 Å². The number of hydrogen-bond donors (Lipinski definition) is 1. The van der Waals surface area contributed by atoms with Crippen LogP contribution in [0.15, 0.2) is 6.07 Å². The number of carbonyl (C=O) groups excluding carboxylic acids is 2. The number of halogens is 2. The van der Waals surface area contributed by atoms with Crippen molar-refractivity contribution < 1.29 is 18.4 Å². The molecule has 2 spiro atoms. The summed E-state index contributed by atoms with van der Waals surface area (Å²) in [7, 11) is 0. The van der Waals surface area contributed by atoms with Crippen molar-refractivity contribution in [1.29, 1.82) is 0 Å². The fourth-order valence-corrected chi connectivity index (χ4v) is 5.55. The molecule has 152 valence electrons. The molecule has 0 unspecified atom stereocenters. The van der Waals surface area contributed by atoms with Gasteiger partial charge in [-0.2, -0.15) is 5.10 Å². The highest BCUT2D eigenvalue weighted by Gasteiger charge is 2.56. The minimum absolute atomic E-state index is 0.0744. The van der Waals surface area contributed by atoms with Crippen molar-refractivity contribution in [2.75, 3.05) is 26.2 Å². The summed E-state index contributed by atoms with van der Waals surface area (Å²) in [6, 6.07) is 1.53. The van der Waals surface area contributed by atoms with Crippen LogP contribution in [0.3, 0.4) is 0 Å². The Labute approximate surface area is 162 Å². The Morgan fingerprint density at radius 1 is 1.29 bits per heavy atom. The molecular weight excluding hydrogens is 368 g/mol. The second-order valence-electron chi connectivity index (χ2n) is 9.29. The summed E-state index contributed by atoms with van der Waals surface area (Å²) in [6.07, 6.45) is 0.879. The fraction of sp³-hybridized carbons (Fsp3) is 0.737. The molecule has 9 heteroatoms. The zero-order valence-corrected chi connectivity index (χ0v) is 16.0. The summed E-state index contributed by atoms with van der Waals surface area (Å²) < 4.78 is 27.2. The first kappa shape index (κ1) is 17.9. The van der Waals surface area contributed by atoms with E-state index in [9.17, 15) is 18.4 Å². The Kier molecular flexibility index (Phi) is 3.77. The van der Waals surface area contributed by atoms with Gasteiger partial charge in [0, 0.05) is 50.3 Å². The lowest BCUT2D eigenvalue weighted by atomic mass is 9.57. The van der Waals surface area contributed by atoms with Crippen LogP contribution in [0.5, 0.6) is 0 Å². The Bertz CT molecular complexity index is 818. The summed E-state index contributed by atoms with van der Waals surface area (Å²) in [5.74, 6) is 0.519. The Morgan fingerprint density at radius 2 is 1.96 bits per heavy atom. The summed E-state index contributed by atoms with van der Waals surface area (Å²) in [5.41, 5.74) is 0.650. The summed E-state index contributed by atoms with van der Waals surface area (Å²) in [4.78, 5) is 27.7. The van der Waals surface area contributed by atoms with Crippen molar-refractivity contribution in [1.82, 2.24) is 24.9 Å². The second-order valence-corrected chi connectivity index (χ2v) is 9.29. The highest BCUT2D eigenvalue weighted by atomic mass is 19.3. The molecule has 1 aromatic rings. The van der Waals surface area contributed by atoms with Gasteiger partial charge >= 0.3 is 6.03 Å². The maximum atomic E-state index is 12.8. The van der Waals surface area contributed by atoms with Gasteiger partial charge in [0.15, 0.2) is 0 Å². The average molecular weight is 393 g/mol. The van der Waals surface area contributed by atoms with E-state index in [1.165, 1.54) is 6.07 Å². The van der Waals surface area contributed by atoms with Gasteiger partial charge in [0.25, 0.3) is 6.43 Å². The standard InChI is InChI=1S/C19H25F2N5O2/c1-12-4-14(16(20)21)23-26(12)7-13-5-18(6-13)8-24(9-18)17(28)25-10-19(11-25)3-2-15(27)22-19/h4,13,16H,2-3,5-11H2,1H3,(H,22,27). The minimum atomic E-state index is -2.53. The first-order valence-electron chi connectivity index (χ1n) is 9.94. The number of nitrogens with one attached hydrogen (secondary N) is 1. The molecule has 3 saturated heterocycles. The summed E-state index contributed by atoms with van der Waals surface area (Å²) in [6.45, 7) is 5.27. The number of carbonyl (C=O) groups is 2. The van der Waals surface area contributed by atoms with Crippen LogP contribution in [0.2, 0.25) is 0 Å². The quantitative estimate of drug-likeness (QED) is 0.853. The average Bonchev–Trinajstić information content (AvgIpc) is 3.10. The molecule has 0 radical (unpaired) electrons. The van der Waals surface area contributed by atoms with Crippen LogP contribution in [-0.4, -0.2) is 63.2 Å². The molecule has 28 heavy (non-hydrogen) atoms. The van der Waals surface area contributed by atoms with Crippen molar-refractivity contribution >= 4 is 11.9 Å². The molecule has 1 saturated carbocycles. The van der Waals surface area contributed by atoms with E-state index < -0.39 is 6.43 Å². The molecule has 3 amide bonds. The van der Waals surface area contributed by atoms with Crippen LogP contribution in [-0.2, 0) is 11.3 Å². The van der Waals surface area contributed by atoms with Crippen molar-refractivity contribution in [3.05, 3.63) is 17.5 Å². The monoisotopic (exact) mass is 393 g/mol. The van der Waals surface area contributed by atoms with Gasteiger partial charge in [0.1, 0.15) is 5.69 Å². The third kappa shape index (κ3) is 2.78. The van der Waals surface area contributed by atoms with Gasteiger partial charge in [0.2, 0.25) is 5.91 Å². The van der Waals surface area contributed by atoms with Gasteiger partial charge in [0.05, 0.1) is 5.54 Å². The first-order chi connectivity index (χ1) is 13.3. The molecular formula is C19H25F2N5O2. The zero-order valence-electron chi connectivity index (χ0n) is 16.0. The zero-order chi connectivity index (χ0) is 19.7. The summed E-state index contributed by atoms with van der Waals surface area (Å²) >= 11 is 0. The molecule has 4 heterocycles. The van der Waals surface area contributed by atoms with E-state index in [4.69, 9.17) is 0 Å². The van der Waals surface area contributed by atoms with E-state index in [0.717, 1.165) is 38.0 Å². The van der Waals surface area contributed by atoms with Crippen molar-refractivity contribution in [3.8, 4) is 0 Å². The Morgan fingerprint density at radius 3 is 2.54 bits per heavy atom. The molecule has 1 N–H and O–H groups in total. The van der Waals surface area contributed by atoms with E-state index in [1.54, 1.807) is 4.68 Å². The highest BCUT2D eigenvalue weighted by Crippen LogP contribution is 2.53.